The Bertz CT molecular complexity index is 821. The number of benzene rings is 1. The Morgan fingerprint density at radius 2 is 2.05 bits per heavy atom. The third-order valence-corrected chi connectivity index (χ3v) is 3.50. The summed E-state index contributed by atoms with van der Waals surface area (Å²) in [6.07, 6.45) is 5.25. The number of hydrazone groups is 1. The van der Waals surface area contributed by atoms with Gasteiger partial charge in [0.25, 0.3) is 0 Å². The zero-order valence-corrected chi connectivity index (χ0v) is 12.2. The maximum atomic E-state index is 12.0. The van der Waals surface area contributed by atoms with E-state index in [0.717, 1.165) is 22.2 Å². The lowest BCUT2D eigenvalue weighted by Gasteiger charge is -2.03. The number of nitrogens with one attached hydrogen (secondary N) is 1. The van der Waals surface area contributed by atoms with Crippen molar-refractivity contribution in [3.63, 3.8) is 0 Å². The molecule has 2 aromatic heterocycles. The summed E-state index contributed by atoms with van der Waals surface area (Å²) in [5.41, 5.74) is 5.51. The van der Waals surface area contributed by atoms with Gasteiger partial charge in [0.05, 0.1) is 12.6 Å². The van der Waals surface area contributed by atoms with E-state index < -0.39 is 0 Å². The zero-order chi connectivity index (χ0) is 15.4. The van der Waals surface area contributed by atoms with Gasteiger partial charge in [0, 0.05) is 30.7 Å². The molecule has 0 spiro atoms. The molecule has 1 N–H and O–H groups in total. The molecule has 0 aliphatic rings. The number of hydrogen-bond donors (Lipinski definition) is 1. The van der Waals surface area contributed by atoms with Crippen molar-refractivity contribution in [1.82, 2.24) is 15.0 Å². The molecule has 1 amide bonds. The maximum Gasteiger partial charge on any atom is 0.245 e. The monoisotopic (exact) mass is 292 g/mol. The quantitative estimate of drug-likeness (QED) is 0.592. The molecular formula is C17H16N4O. The topological polar surface area (TPSA) is 59.3 Å². The van der Waals surface area contributed by atoms with Crippen LogP contribution < -0.4 is 5.43 Å². The Morgan fingerprint density at radius 3 is 2.82 bits per heavy atom. The van der Waals surface area contributed by atoms with Crippen molar-refractivity contribution >= 4 is 23.0 Å². The van der Waals surface area contributed by atoms with Gasteiger partial charge < -0.3 is 4.57 Å². The van der Waals surface area contributed by atoms with Gasteiger partial charge in [-0.15, -0.1) is 0 Å². The molecule has 0 bridgehead atoms. The molecule has 0 aliphatic carbocycles. The van der Waals surface area contributed by atoms with Gasteiger partial charge in [-0.05, 0) is 35.2 Å². The van der Waals surface area contributed by atoms with E-state index in [-0.39, 0.29) is 5.91 Å². The molecule has 110 valence electrons. The first-order chi connectivity index (χ1) is 10.7. The molecule has 5 nitrogen and oxygen atoms in total. The number of aromatic nitrogens is 2. The minimum atomic E-state index is -0.142. The number of rotatable bonds is 4. The van der Waals surface area contributed by atoms with Crippen LogP contribution in [0.25, 0.3) is 10.9 Å². The number of carbonyl (C=O) groups excluding carboxylic acids is 1. The highest BCUT2D eigenvalue weighted by atomic mass is 16.2. The summed E-state index contributed by atoms with van der Waals surface area (Å²) in [6, 6.07) is 13.7. The summed E-state index contributed by atoms with van der Waals surface area (Å²) in [5.74, 6) is -0.142. The molecule has 0 saturated carbocycles. The SMILES string of the molecule is Cn1c(CC(=O)N/N=C/c2ccncc2)cc2ccccc21. The van der Waals surface area contributed by atoms with Crippen molar-refractivity contribution in [2.75, 3.05) is 0 Å². The van der Waals surface area contributed by atoms with Gasteiger partial charge in [0.2, 0.25) is 5.91 Å². The third kappa shape index (κ3) is 3.03. The normalized spacial score (nSPS) is 11.1. The highest BCUT2D eigenvalue weighted by Crippen LogP contribution is 2.18. The Hall–Kier alpha value is -2.95. The van der Waals surface area contributed by atoms with Gasteiger partial charge in [0.1, 0.15) is 0 Å². The maximum absolute atomic E-state index is 12.0. The van der Waals surface area contributed by atoms with E-state index in [1.807, 2.05) is 54.1 Å². The van der Waals surface area contributed by atoms with Crippen LogP contribution in [0.3, 0.4) is 0 Å². The number of amides is 1. The third-order valence-electron chi connectivity index (χ3n) is 3.50. The molecule has 3 aromatic rings. The number of carbonyl (C=O) groups is 1. The summed E-state index contributed by atoms with van der Waals surface area (Å²) in [7, 11) is 1.96. The number of pyridine rings is 1. The van der Waals surface area contributed by atoms with Gasteiger partial charge in [-0.25, -0.2) is 5.43 Å². The molecule has 0 fully saturated rings. The summed E-state index contributed by atoms with van der Waals surface area (Å²) >= 11 is 0. The number of hydrogen-bond acceptors (Lipinski definition) is 3. The molecule has 1 aromatic carbocycles. The van der Waals surface area contributed by atoms with Gasteiger partial charge in [0.15, 0.2) is 0 Å². The van der Waals surface area contributed by atoms with Crippen LogP contribution in [0.5, 0.6) is 0 Å². The first kappa shape index (κ1) is 14.0. The first-order valence-corrected chi connectivity index (χ1v) is 6.99. The van der Waals surface area contributed by atoms with Gasteiger partial charge >= 0.3 is 0 Å². The molecule has 5 heteroatoms. The molecule has 3 rings (SSSR count). The number of fused-ring (bicyclic) bond motifs is 1. The van der Waals surface area contributed by atoms with Crippen LogP contribution in [-0.2, 0) is 18.3 Å². The second kappa shape index (κ2) is 6.22. The zero-order valence-electron chi connectivity index (χ0n) is 12.2. The fraction of sp³-hybridized carbons (Fsp3) is 0.118. The Labute approximate surface area is 128 Å². The van der Waals surface area contributed by atoms with Crippen LogP contribution in [0.15, 0.2) is 60.0 Å². The molecule has 2 heterocycles. The molecular weight excluding hydrogens is 276 g/mol. The summed E-state index contributed by atoms with van der Waals surface area (Å²) in [4.78, 5) is 15.9. The average Bonchev–Trinajstić information content (AvgIpc) is 2.85. The van der Waals surface area contributed by atoms with Crippen molar-refractivity contribution in [2.24, 2.45) is 12.1 Å². The fourth-order valence-corrected chi connectivity index (χ4v) is 2.35. The standard InChI is InChI=1S/C17H16N4O/c1-21-15(10-14-4-2-3-5-16(14)21)11-17(22)20-19-12-13-6-8-18-9-7-13/h2-10,12H,11H2,1H3,(H,20,22)/b19-12+. The fourth-order valence-electron chi connectivity index (χ4n) is 2.35. The molecule has 0 atom stereocenters. The highest BCUT2D eigenvalue weighted by Gasteiger charge is 2.09. The van der Waals surface area contributed by atoms with Crippen molar-refractivity contribution in [2.45, 2.75) is 6.42 Å². The summed E-state index contributed by atoms with van der Waals surface area (Å²) < 4.78 is 2.03. The predicted molar refractivity (Wildman–Crippen MR) is 86.6 cm³/mol. The highest BCUT2D eigenvalue weighted by molar-refractivity contribution is 5.86. The Kier molecular flexibility index (Phi) is 3.96. The largest absolute Gasteiger partial charge is 0.347 e. The lowest BCUT2D eigenvalue weighted by Crippen LogP contribution is -2.20. The Morgan fingerprint density at radius 1 is 1.27 bits per heavy atom. The number of nitrogens with zero attached hydrogens (tertiary/aromatic N) is 3. The van der Waals surface area contributed by atoms with E-state index in [2.05, 4.69) is 15.5 Å². The van der Waals surface area contributed by atoms with Crippen molar-refractivity contribution in [3.05, 3.63) is 66.1 Å². The second-order valence-corrected chi connectivity index (χ2v) is 5.00. The minimum Gasteiger partial charge on any atom is -0.347 e. The van der Waals surface area contributed by atoms with Crippen molar-refractivity contribution in [3.8, 4) is 0 Å². The second-order valence-electron chi connectivity index (χ2n) is 5.00. The Balaban J connectivity index is 1.66. The van der Waals surface area contributed by atoms with Crippen LogP contribution in [0.4, 0.5) is 0 Å². The summed E-state index contributed by atoms with van der Waals surface area (Å²) in [6.45, 7) is 0. The minimum absolute atomic E-state index is 0.142. The predicted octanol–water partition coefficient (Wildman–Crippen LogP) is 2.27. The van der Waals surface area contributed by atoms with E-state index in [0.29, 0.717) is 6.42 Å². The molecule has 0 unspecified atom stereocenters. The van der Waals surface area contributed by atoms with Crippen LogP contribution in [0.1, 0.15) is 11.3 Å². The molecule has 0 aliphatic heterocycles. The van der Waals surface area contributed by atoms with E-state index in [4.69, 9.17) is 0 Å². The van der Waals surface area contributed by atoms with Gasteiger partial charge in [-0.3, -0.25) is 9.78 Å². The van der Waals surface area contributed by atoms with Crippen molar-refractivity contribution < 1.29 is 4.79 Å². The van der Waals surface area contributed by atoms with Crippen LogP contribution in [0.2, 0.25) is 0 Å². The van der Waals surface area contributed by atoms with Gasteiger partial charge in [-0.2, -0.15) is 5.10 Å². The van der Waals surface area contributed by atoms with E-state index in [9.17, 15) is 4.79 Å². The smallest absolute Gasteiger partial charge is 0.245 e. The molecule has 22 heavy (non-hydrogen) atoms. The number of aryl methyl sites for hydroxylation is 1. The van der Waals surface area contributed by atoms with Crippen LogP contribution >= 0.6 is 0 Å². The van der Waals surface area contributed by atoms with Crippen LogP contribution in [0, 0.1) is 0 Å². The molecule has 0 saturated heterocycles. The van der Waals surface area contributed by atoms with E-state index in [1.54, 1.807) is 18.6 Å². The lowest BCUT2D eigenvalue weighted by molar-refractivity contribution is -0.120. The van der Waals surface area contributed by atoms with Crippen LogP contribution in [-0.4, -0.2) is 21.7 Å². The molecule has 0 radical (unpaired) electrons. The van der Waals surface area contributed by atoms with E-state index in [1.165, 1.54) is 0 Å². The average molecular weight is 292 g/mol. The van der Waals surface area contributed by atoms with Crippen molar-refractivity contribution in [1.29, 1.82) is 0 Å². The number of para-hydroxylation sites is 1. The van der Waals surface area contributed by atoms with Gasteiger partial charge in [-0.1, -0.05) is 18.2 Å². The first-order valence-electron chi connectivity index (χ1n) is 6.99. The summed E-state index contributed by atoms with van der Waals surface area (Å²) in [5, 5.41) is 5.09. The van der Waals surface area contributed by atoms with E-state index >= 15 is 0 Å². The lowest BCUT2D eigenvalue weighted by atomic mass is 10.2.